The summed E-state index contributed by atoms with van der Waals surface area (Å²) in [6, 6.07) is 0. The van der Waals surface area contributed by atoms with Crippen molar-refractivity contribution >= 4 is 0 Å². The van der Waals surface area contributed by atoms with Gasteiger partial charge in [-0.15, -0.1) is 0 Å². The van der Waals surface area contributed by atoms with Crippen molar-refractivity contribution in [1.82, 2.24) is 4.90 Å². The molecule has 0 bridgehead atoms. The molecule has 2 aliphatic rings. The Hall–Kier alpha value is -0.150. The van der Waals surface area contributed by atoms with E-state index < -0.39 is 6.17 Å². The molecule has 1 saturated carbocycles. The summed E-state index contributed by atoms with van der Waals surface area (Å²) in [5.41, 5.74) is 0.157. The summed E-state index contributed by atoms with van der Waals surface area (Å²) in [6.07, 6.45) is 2.30. The van der Waals surface area contributed by atoms with Crippen LogP contribution in [0.1, 0.15) is 33.1 Å². The Labute approximate surface area is 86.1 Å². The van der Waals surface area contributed by atoms with Gasteiger partial charge in [-0.05, 0) is 19.3 Å². The summed E-state index contributed by atoms with van der Waals surface area (Å²) < 4.78 is 12.8. The standard InChI is InChI=1S/C9H16FNO.C2H6/c10-8-1-4-11(5-8)6-9(7-12)2-3-9;1-2/h8,12H,1-7H2;1-2H3/t8-;/m0./s1. The van der Waals surface area contributed by atoms with Gasteiger partial charge in [-0.25, -0.2) is 4.39 Å². The van der Waals surface area contributed by atoms with E-state index in [-0.39, 0.29) is 12.0 Å². The Bertz CT molecular complexity index is 171. The number of likely N-dealkylation sites (tertiary alicyclic amines) is 1. The van der Waals surface area contributed by atoms with Gasteiger partial charge in [0.1, 0.15) is 6.17 Å². The van der Waals surface area contributed by atoms with E-state index in [0.717, 1.165) is 25.9 Å². The number of aliphatic hydroxyl groups excluding tert-OH is 1. The molecule has 0 aromatic carbocycles. The summed E-state index contributed by atoms with van der Waals surface area (Å²) in [4.78, 5) is 2.15. The van der Waals surface area contributed by atoms with Crippen LogP contribution in [-0.2, 0) is 0 Å². The van der Waals surface area contributed by atoms with E-state index in [9.17, 15) is 4.39 Å². The number of nitrogens with zero attached hydrogens (tertiary/aromatic N) is 1. The van der Waals surface area contributed by atoms with Gasteiger partial charge in [0.25, 0.3) is 0 Å². The van der Waals surface area contributed by atoms with Crippen LogP contribution in [0.25, 0.3) is 0 Å². The number of hydrogen-bond acceptors (Lipinski definition) is 2. The molecule has 0 spiro atoms. The molecule has 1 atom stereocenters. The van der Waals surface area contributed by atoms with Crippen LogP contribution in [0.2, 0.25) is 0 Å². The Morgan fingerprint density at radius 1 is 1.43 bits per heavy atom. The average molecular weight is 203 g/mol. The number of hydrogen-bond donors (Lipinski definition) is 1. The van der Waals surface area contributed by atoms with E-state index in [1.54, 1.807) is 0 Å². The molecule has 1 aliphatic carbocycles. The zero-order chi connectivity index (χ0) is 10.6. The van der Waals surface area contributed by atoms with Crippen molar-refractivity contribution in [2.45, 2.75) is 39.3 Å². The fraction of sp³-hybridized carbons (Fsp3) is 1.00. The molecule has 0 aromatic rings. The molecule has 0 unspecified atom stereocenters. The van der Waals surface area contributed by atoms with Crippen LogP contribution in [0.15, 0.2) is 0 Å². The van der Waals surface area contributed by atoms with E-state index in [0.29, 0.717) is 13.0 Å². The molecule has 0 radical (unpaired) electrons. The lowest BCUT2D eigenvalue weighted by atomic mass is 10.1. The number of alkyl halides is 1. The Morgan fingerprint density at radius 2 is 2.07 bits per heavy atom. The second-order valence-electron chi connectivity index (χ2n) is 4.28. The quantitative estimate of drug-likeness (QED) is 0.756. The van der Waals surface area contributed by atoms with Crippen LogP contribution in [0.4, 0.5) is 4.39 Å². The van der Waals surface area contributed by atoms with E-state index in [1.807, 2.05) is 13.8 Å². The van der Waals surface area contributed by atoms with Gasteiger partial charge in [0, 0.05) is 31.7 Å². The first-order chi connectivity index (χ1) is 6.74. The lowest BCUT2D eigenvalue weighted by Crippen LogP contribution is -2.30. The first-order valence-corrected chi connectivity index (χ1v) is 5.71. The van der Waals surface area contributed by atoms with Gasteiger partial charge in [-0.2, -0.15) is 0 Å². The molecular formula is C11H22FNO. The van der Waals surface area contributed by atoms with Crippen molar-refractivity contribution < 1.29 is 9.50 Å². The molecule has 14 heavy (non-hydrogen) atoms. The molecule has 2 fully saturated rings. The number of aliphatic hydroxyl groups is 1. The maximum absolute atomic E-state index is 12.8. The van der Waals surface area contributed by atoms with Gasteiger partial charge in [0.2, 0.25) is 0 Å². The summed E-state index contributed by atoms with van der Waals surface area (Å²) in [5, 5.41) is 9.06. The highest BCUT2D eigenvalue weighted by Gasteiger charge is 2.44. The maximum atomic E-state index is 12.8. The minimum Gasteiger partial charge on any atom is -0.396 e. The normalized spacial score (nSPS) is 29.6. The first-order valence-electron chi connectivity index (χ1n) is 5.71. The van der Waals surface area contributed by atoms with Gasteiger partial charge in [0.05, 0.1) is 0 Å². The highest BCUT2D eigenvalue weighted by atomic mass is 19.1. The van der Waals surface area contributed by atoms with Crippen LogP contribution in [0.3, 0.4) is 0 Å². The third-order valence-electron chi connectivity index (χ3n) is 3.07. The van der Waals surface area contributed by atoms with Crippen LogP contribution in [-0.4, -0.2) is 42.4 Å². The molecular weight excluding hydrogens is 181 g/mol. The maximum Gasteiger partial charge on any atom is 0.114 e. The molecule has 1 heterocycles. The van der Waals surface area contributed by atoms with Crippen LogP contribution in [0.5, 0.6) is 0 Å². The van der Waals surface area contributed by atoms with Crippen molar-refractivity contribution in [2.24, 2.45) is 5.41 Å². The largest absolute Gasteiger partial charge is 0.396 e. The van der Waals surface area contributed by atoms with Gasteiger partial charge in [-0.3, -0.25) is 4.90 Å². The fourth-order valence-electron chi connectivity index (χ4n) is 1.95. The lowest BCUT2D eigenvalue weighted by molar-refractivity contribution is 0.158. The molecule has 2 nitrogen and oxygen atoms in total. The summed E-state index contributed by atoms with van der Waals surface area (Å²) >= 11 is 0. The monoisotopic (exact) mass is 203 g/mol. The van der Waals surface area contributed by atoms with Crippen LogP contribution in [0, 0.1) is 5.41 Å². The summed E-state index contributed by atoms with van der Waals surface area (Å²) in [5.74, 6) is 0. The molecule has 84 valence electrons. The zero-order valence-electron chi connectivity index (χ0n) is 9.30. The number of rotatable bonds is 3. The van der Waals surface area contributed by atoms with Crippen LogP contribution < -0.4 is 0 Å². The van der Waals surface area contributed by atoms with Crippen molar-refractivity contribution in [2.75, 3.05) is 26.2 Å². The van der Waals surface area contributed by atoms with Crippen molar-refractivity contribution in [1.29, 1.82) is 0 Å². The highest BCUT2D eigenvalue weighted by Crippen LogP contribution is 2.46. The Morgan fingerprint density at radius 3 is 2.43 bits per heavy atom. The molecule has 0 aromatic heterocycles. The van der Waals surface area contributed by atoms with Crippen LogP contribution >= 0.6 is 0 Å². The van der Waals surface area contributed by atoms with Gasteiger partial charge >= 0.3 is 0 Å². The first kappa shape index (κ1) is 11.9. The molecule has 2 rings (SSSR count). The van der Waals surface area contributed by atoms with Gasteiger partial charge < -0.3 is 5.11 Å². The summed E-state index contributed by atoms with van der Waals surface area (Å²) in [7, 11) is 0. The van der Waals surface area contributed by atoms with E-state index >= 15 is 0 Å². The lowest BCUT2D eigenvalue weighted by Gasteiger charge is -2.20. The predicted octanol–water partition coefficient (Wildman–Crippen LogP) is 1.83. The molecule has 1 saturated heterocycles. The predicted molar refractivity (Wildman–Crippen MR) is 56.1 cm³/mol. The van der Waals surface area contributed by atoms with E-state index in [2.05, 4.69) is 4.90 Å². The Kier molecular flexibility index (Phi) is 4.32. The highest BCUT2D eigenvalue weighted by molar-refractivity contribution is 4.96. The molecule has 1 aliphatic heterocycles. The van der Waals surface area contributed by atoms with Gasteiger partial charge in [-0.1, -0.05) is 13.8 Å². The Balaban J connectivity index is 0.000000461. The van der Waals surface area contributed by atoms with Gasteiger partial charge in [0.15, 0.2) is 0 Å². The molecule has 3 heteroatoms. The topological polar surface area (TPSA) is 23.5 Å². The minimum absolute atomic E-state index is 0.157. The second kappa shape index (κ2) is 5.08. The summed E-state index contributed by atoms with van der Waals surface area (Å²) in [6.45, 7) is 6.65. The van der Waals surface area contributed by atoms with E-state index in [4.69, 9.17) is 5.11 Å². The fourth-order valence-corrected chi connectivity index (χ4v) is 1.95. The third-order valence-corrected chi connectivity index (χ3v) is 3.07. The SMILES string of the molecule is CC.OCC1(CN2CC[C@H](F)C2)CC1. The van der Waals surface area contributed by atoms with Crippen molar-refractivity contribution in [3.8, 4) is 0 Å². The second-order valence-corrected chi connectivity index (χ2v) is 4.28. The number of halogens is 1. The van der Waals surface area contributed by atoms with Crippen molar-refractivity contribution in [3.05, 3.63) is 0 Å². The molecule has 1 N–H and O–H groups in total. The zero-order valence-corrected chi connectivity index (χ0v) is 9.30. The third kappa shape index (κ3) is 2.92. The smallest absolute Gasteiger partial charge is 0.114 e. The van der Waals surface area contributed by atoms with E-state index in [1.165, 1.54) is 0 Å². The van der Waals surface area contributed by atoms with Crippen molar-refractivity contribution in [3.63, 3.8) is 0 Å². The average Bonchev–Trinajstić information content (AvgIpc) is 2.87. The minimum atomic E-state index is -0.625. The molecule has 0 amide bonds.